The maximum absolute atomic E-state index is 11.1. The second-order valence-corrected chi connectivity index (χ2v) is 3.24. The van der Waals surface area contributed by atoms with Gasteiger partial charge in [0.15, 0.2) is 5.75 Å². The van der Waals surface area contributed by atoms with Crippen molar-refractivity contribution < 1.29 is 19.2 Å². The summed E-state index contributed by atoms with van der Waals surface area (Å²) in [5.74, 6) is -0.561. The second-order valence-electron chi connectivity index (χ2n) is 3.24. The molecule has 1 rings (SSSR count). The molecule has 1 aromatic rings. The van der Waals surface area contributed by atoms with Crippen molar-refractivity contribution in [1.29, 1.82) is 0 Å². The van der Waals surface area contributed by atoms with Crippen LogP contribution in [-0.4, -0.2) is 25.1 Å². The lowest BCUT2D eigenvalue weighted by Crippen LogP contribution is -2.08. The van der Waals surface area contributed by atoms with Crippen molar-refractivity contribution in [1.82, 2.24) is 0 Å². The molecule has 0 amide bonds. The first kappa shape index (κ1) is 12.8. The normalized spacial score (nSPS) is 9.76. The summed E-state index contributed by atoms with van der Waals surface area (Å²) in [7, 11) is 2.50. The number of anilines is 1. The number of nitrogen functional groups attached to an aromatic ring is 1. The van der Waals surface area contributed by atoms with Gasteiger partial charge in [0.25, 0.3) is 0 Å². The minimum atomic E-state index is -0.615. The molecule has 7 heteroatoms. The van der Waals surface area contributed by atoms with Gasteiger partial charge in [0.1, 0.15) is 0 Å². The lowest BCUT2D eigenvalue weighted by Gasteiger charge is -2.07. The number of nitro benzene ring substituents is 1. The van der Waals surface area contributed by atoms with E-state index in [0.29, 0.717) is 0 Å². The van der Waals surface area contributed by atoms with E-state index in [2.05, 4.69) is 4.74 Å². The Balaban J connectivity index is 3.30. The summed E-state index contributed by atoms with van der Waals surface area (Å²) in [6.45, 7) is 0. The Labute approximate surface area is 97.3 Å². The molecule has 1 aromatic carbocycles. The first-order valence-electron chi connectivity index (χ1n) is 4.67. The standard InChI is InChI=1S/C10H12N2O5/c1-16-8-5-7(11)3-6(4-9(13)17-2)10(8)12(14)15/h3,5H,4,11H2,1-2H3. The summed E-state index contributed by atoms with van der Waals surface area (Å²) in [6.07, 6.45) is -0.228. The van der Waals surface area contributed by atoms with E-state index in [4.69, 9.17) is 10.5 Å². The molecule has 2 N–H and O–H groups in total. The Morgan fingerprint density at radius 1 is 1.47 bits per heavy atom. The largest absolute Gasteiger partial charge is 0.490 e. The van der Waals surface area contributed by atoms with Gasteiger partial charge in [0.2, 0.25) is 0 Å². The van der Waals surface area contributed by atoms with Gasteiger partial charge < -0.3 is 15.2 Å². The fourth-order valence-electron chi connectivity index (χ4n) is 1.41. The van der Waals surface area contributed by atoms with Crippen molar-refractivity contribution in [2.24, 2.45) is 0 Å². The molecule has 92 valence electrons. The van der Waals surface area contributed by atoms with Gasteiger partial charge in [-0.2, -0.15) is 0 Å². The Bertz CT molecular complexity index is 458. The quantitative estimate of drug-likeness (QED) is 0.363. The van der Waals surface area contributed by atoms with E-state index in [1.807, 2.05) is 0 Å². The maximum Gasteiger partial charge on any atom is 0.314 e. The summed E-state index contributed by atoms with van der Waals surface area (Å²) in [4.78, 5) is 21.4. The van der Waals surface area contributed by atoms with Gasteiger partial charge in [-0.1, -0.05) is 0 Å². The van der Waals surface area contributed by atoms with Crippen LogP contribution in [0.1, 0.15) is 5.56 Å². The van der Waals surface area contributed by atoms with Crippen molar-refractivity contribution >= 4 is 17.3 Å². The highest BCUT2D eigenvalue weighted by atomic mass is 16.6. The van der Waals surface area contributed by atoms with Crippen LogP contribution in [-0.2, 0) is 16.0 Å². The smallest absolute Gasteiger partial charge is 0.314 e. The zero-order valence-corrected chi connectivity index (χ0v) is 9.43. The SMILES string of the molecule is COC(=O)Cc1cc(N)cc(OC)c1[N+](=O)[O-]. The van der Waals surface area contributed by atoms with Crippen LogP contribution < -0.4 is 10.5 Å². The summed E-state index contributed by atoms with van der Waals surface area (Å²) in [5, 5.41) is 10.9. The van der Waals surface area contributed by atoms with Crippen molar-refractivity contribution in [2.45, 2.75) is 6.42 Å². The number of benzene rings is 1. The number of hydrogen-bond donors (Lipinski definition) is 1. The highest BCUT2D eigenvalue weighted by molar-refractivity contribution is 5.76. The maximum atomic E-state index is 11.1. The lowest BCUT2D eigenvalue weighted by atomic mass is 10.1. The molecule has 0 saturated heterocycles. The Morgan fingerprint density at radius 2 is 2.12 bits per heavy atom. The summed E-state index contributed by atoms with van der Waals surface area (Å²) < 4.78 is 9.33. The monoisotopic (exact) mass is 240 g/mol. The van der Waals surface area contributed by atoms with Gasteiger partial charge in [-0.25, -0.2) is 0 Å². The van der Waals surface area contributed by atoms with Gasteiger partial charge in [-0.3, -0.25) is 14.9 Å². The van der Waals surface area contributed by atoms with Gasteiger partial charge in [-0.05, 0) is 6.07 Å². The predicted octanol–water partition coefficient (Wildman–Crippen LogP) is 0.901. The van der Waals surface area contributed by atoms with E-state index in [1.54, 1.807) is 0 Å². The summed E-state index contributed by atoms with van der Waals surface area (Å²) in [5.41, 5.74) is 5.74. The Kier molecular flexibility index (Phi) is 3.86. The van der Waals surface area contributed by atoms with Crippen LogP contribution in [0.2, 0.25) is 0 Å². The minimum absolute atomic E-state index is 0.0221. The molecule has 0 aliphatic carbocycles. The summed E-state index contributed by atoms with van der Waals surface area (Å²) in [6, 6.07) is 2.69. The predicted molar refractivity (Wildman–Crippen MR) is 59.8 cm³/mol. The number of methoxy groups -OCH3 is 2. The van der Waals surface area contributed by atoms with E-state index in [-0.39, 0.29) is 29.1 Å². The number of carbonyl (C=O) groups excluding carboxylic acids is 1. The number of nitrogens with two attached hydrogens (primary N) is 1. The summed E-state index contributed by atoms with van der Waals surface area (Å²) >= 11 is 0. The molecule has 0 bridgehead atoms. The highest BCUT2D eigenvalue weighted by Crippen LogP contribution is 2.33. The van der Waals surface area contributed by atoms with Crippen LogP contribution in [0.4, 0.5) is 11.4 Å². The number of ether oxygens (including phenoxy) is 2. The van der Waals surface area contributed by atoms with E-state index in [1.165, 1.54) is 26.4 Å². The average molecular weight is 240 g/mol. The topological polar surface area (TPSA) is 105 Å². The van der Waals surface area contributed by atoms with Gasteiger partial charge in [0, 0.05) is 17.3 Å². The molecule has 0 radical (unpaired) electrons. The van der Waals surface area contributed by atoms with Crippen LogP contribution in [0.15, 0.2) is 12.1 Å². The molecule has 0 saturated carbocycles. The number of nitrogens with zero attached hydrogens (tertiary/aromatic N) is 1. The van der Waals surface area contributed by atoms with Crippen LogP contribution >= 0.6 is 0 Å². The van der Waals surface area contributed by atoms with E-state index < -0.39 is 10.9 Å². The van der Waals surface area contributed by atoms with Crippen LogP contribution in [0.5, 0.6) is 5.75 Å². The van der Waals surface area contributed by atoms with Crippen molar-refractivity contribution in [3.8, 4) is 5.75 Å². The number of carbonyl (C=O) groups is 1. The molecule has 0 fully saturated rings. The third-order valence-corrected chi connectivity index (χ3v) is 2.14. The second kappa shape index (κ2) is 5.15. The first-order chi connectivity index (χ1) is 7.99. The zero-order valence-electron chi connectivity index (χ0n) is 9.43. The molecule has 17 heavy (non-hydrogen) atoms. The van der Waals surface area contributed by atoms with E-state index in [0.717, 1.165) is 0 Å². The van der Waals surface area contributed by atoms with Gasteiger partial charge >= 0.3 is 11.7 Å². The van der Waals surface area contributed by atoms with Crippen molar-refractivity contribution in [2.75, 3.05) is 20.0 Å². The van der Waals surface area contributed by atoms with Crippen molar-refractivity contribution in [3.05, 3.63) is 27.8 Å². The Hall–Kier alpha value is -2.31. The van der Waals surface area contributed by atoms with Crippen molar-refractivity contribution in [3.63, 3.8) is 0 Å². The first-order valence-corrected chi connectivity index (χ1v) is 4.67. The Morgan fingerprint density at radius 3 is 2.59 bits per heavy atom. The highest BCUT2D eigenvalue weighted by Gasteiger charge is 2.23. The number of esters is 1. The molecule has 7 nitrogen and oxygen atoms in total. The molecule has 0 atom stereocenters. The van der Waals surface area contributed by atoms with Crippen LogP contribution in [0, 0.1) is 10.1 Å². The number of nitro groups is 1. The molecule has 0 aliphatic rings. The van der Waals surface area contributed by atoms with Gasteiger partial charge in [-0.15, -0.1) is 0 Å². The molecule has 0 spiro atoms. The molecular formula is C10H12N2O5. The molecule has 0 aliphatic heterocycles. The van der Waals surface area contributed by atoms with Crippen LogP contribution in [0.25, 0.3) is 0 Å². The minimum Gasteiger partial charge on any atom is -0.490 e. The number of hydrogen-bond acceptors (Lipinski definition) is 6. The third kappa shape index (κ3) is 2.83. The van der Waals surface area contributed by atoms with Crippen LogP contribution in [0.3, 0.4) is 0 Å². The number of rotatable bonds is 4. The lowest BCUT2D eigenvalue weighted by molar-refractivity contribution is -0.386. The molecular weight excluding hydrogens is 228 g/mol. The fraction of sp³-hybridized carbons (Fsp3) is 0.300. The average Bonchev–Trinajstić information content (AvgIpc) is 2.27. The van der Waals surface area contributed by atoms with Gasteiger partial charge in [0.05, 0.1) is 25.6 Å². The van der Waals surface area contributed by atoms with E-state index in [9.17, 15) is 14.9 Å². The molecule has 0 unspecified atom stereocenters. The zero-order chi connectivity index (χ0) is 13.0. The molecule has 0 aromatic heterocycles. The van der Waals surface area contributed by atoms with E-state index >= 15 is 0 Å². The fourth-order valence-corrected chi connectivity index (χ4v) is 1.41. The third-order valence-electron chi connectivity index (χ3n) is 2.14. The molecule has 0 heterocycles.